The number of anilines is 2. The summed E-state index contributed by atoms with van der Waals surface area (Å²) in [5.41, 5.74) is 0.928. The lowest BCUT2D eigenvalue weighted by Crippen LogP contribution is -2.39. The minimum atomic E-state index is -0.372. The van der Waals surface area contributed by atoms with Crippen LogP contribution in [0.25, 0.3) is 11.2 Å². The maximum atomic E-state index is 13.2. The topological polar surface area (TPSA) is 65.1 Å². The summed E-state index contributed by atoms with van der Waals surface area (Å²) in [5, 5.41) is 0. The van der Waals surface area contributed by atoms with Crippen molar-refractivity contribution in [2.24, 2.45) is 7.05 Å². The summed E-state index contributed by atoms with van der Waals surface area (Å²) in [6.45, 7) is 3.45. The zero-order valence-electron chi connectivity index (χ0n) is 14.1. The molecule has 3 aromatic rings. The summed E-state index contributed by atoms with van der Waals surface area (Å²) >= 11 is 0. The minimum Gasteiger partial charge on any atom is -0.312 e. The number of imidazole rings is 1. The van der Waals surface area contributed by atoms with E-state index in [1.54, 1.807) is 26.1 Å². The second kappa shape index (κ2) is 5.58. The molecular formula is C17H18FN5O2. The Hall–Kier alpha value is -2.90. The van der Waals surface area contributed by atoms with Crippen LogP contribution in [0, 0.1) is 5.82 Å². The lowest BCUT2D eigenvalue weighted by molar-refractivity contribution is 0.594. The van der Waals surface area contributed by atoms with Crippen molar-refractivity contribution in [1.82, 2.24) is 18.7 Å². The maximum Gasteiger partial charge on any atom is 0.332 e. The van der Waals surface area contributed by atoms with Crippen LogP contribution in [0.4, 0.5) is 16.0 Å². The molecule has 0 fully saturated rings. The summed E-state index contributed by atoms with van der Waals surface area (Å²) < 4.78 is 17.7. The summed E-state index contributed by atoms with van der Waals surface area (Å²) in [6, 6.07) is 6.18. The van der Waals surface area contributed by atoms with Gasteiger partial charge in [-0.15, -0.1) is 0 Å². The second-order valence-electron chi connectivity index (χ2n) is 6.11. The van der Waals surface area contributed by atoms with Gasteiger partial charge in [-0.05, 0) is 37.6 Å². The van der Waals surface area contributed by atoms with Crippen molar-refractivity contribution >= 4 is 22.8 Å². The van der Waals surface area contributed by atoms with E-state index in [4.69, 9.17) is 0 Å². The van der Waals surface area contributed by atoms with E-state index < -0.39 is 0 Å². The zero-order chi connectivity index (χ0) is 17.7. The van der Waals surface area contributed by atoms with Crippen molar-refractivity contribution in [2.45, 2.75) is 26.4 Å². The van der Waals surface area contributed by atoms with Crippen molar-refractivity contribution in [3.63, 3.8) is 0 Å². The van der Waals surface area contributed by atoms with Gasteiger partial charge < -0.3 is 9.47 Å². The van der Waals surface area contributed by atoms with Crippen LogP contribution in [0.1, 0.15) is 13.3 Å². The third-order valence-electron chi connectivity index (χ3n) is 4.67. The van der Waals surface area contributed by atoms with Crippen LogP contribution < -0.4 is 16.1 Å². The number of hydrogen-bond acceptors (Lipinski definition) is 4. The first-order chi connectivity index (χ1) is 12.0. The van der Waals surface area contributed by atoms with Gasteiger partial charge in [-0.3, -0.25) is 13.9 Å². The predicted molar refractivity (Wildman–Crippen MR) is 92.9 cm³/mol. The highest BCUT2D eigenvalue weighted by atomic mass is 19.1. The van der Waals surface area contributed by atoms with Crippen molar-refractivity contribution in [3.05, 3.63) is 50.9 Å². The normalized spacial score (nSPS) is 14.1. The molecule has 0 spiro atoms. The van der Waals surface area contributed by atoms with Crippen molar-refractivity contribution in [1.29, 1.82) is 0 Å². The van der Waals surface area contributed by atoms with Gasteiger partial charge in [0.15, 0.2) is 11.2 Å². The third-order valence-corrected chi connectivity index (χ3v) is 4.67. The molecule has 0 amide bonds. The Labute approximate surface area is 142 Å². The fourth-order valence-electron chi connectivity index (χ4n) is 3.41. The van der Waals surface area contributed by atoms with E-state index in [9.17, 15) is 14.0 Å². The van der Waals surface area contributed by atoms with Gasteiger partial charge in [0.1, 0.15) is 5.82 Å². The van der Waals surface area contributed by atoms with Gasteiger partial charge in [-0.25, -0.2) is 9.18 Å². The molecule has 7 nitrogen and oxygen atoms in total. The Morgan fingerprint density at radius 3 is 2.56 bits per heavy atom. The van der Waals surface area contributed by atoms with Crippen LogP contribution in [0.2, 0.25) is 0 Å². The van der Waals surface area contributed by atoms with Crippen LogP contribution in [-0.2, 0) is 20.1 Å². The van der Waals surface area contributed by atoms with Crippen LogP contribution >= 0.6 is 0 Å². The molecule has 3 heterocycles. The molecule has 0 saturated carbocycles. The number of benzene rings is 1. The molecule has 1 aliphatic rings. The molecule has 0 saturated heterocycles. The van der Waals surface area contributed by atoms with Crippen molar-refractivity contribution in [3.8, 4) is 0 Å². The zero-order valence-corrected chi connectivity index (χ0v) is 14.1. The maximum absolute atomic E-state index is 13.2. The van der Waals surface area contributed by atoms with E-state index in [2.05, 4.69) is 4.98 Å². The number of aromatic nitrogens is 4. The fourth-order valence-corrected chi connectivity index (χ4v) is 3.41. The molecule has 8 heteroatoms. The molecule has 1 aromatic carbocycles. The molecule has 0 aliphatic carbocycles. The monoisotopic (exact) mass is 343 g/mol. The summed E-state index contributed by atoms with van der Waals surface area (Å²) in [6.07, 6.45) is 0.824. The molecule has 130 valence electrons. The van der Waals surface area contributed by atoms with Crippen molar-refractivity contribution < 1.29 is 4.39 Å². The fraction of sp³-hybridized carbons (Fsp3) is 0.353. The van der Waals surface area contributed by atoms with E-state index in [0.717, 1.165) is 12.1 Å². The minimum absolute atomic E-state index is 0.303. The number of hydrogen-bond donors (Lipinski definition) is 0. The molecule has 0 N–H and O–H groups in total. The first-order valence-electron chi connectivity index (χ1n) is 8.26. The summed E-state index contributed by atoms with van der Waals surface area (Å²) in [4.78, 5) is 31.7. The third kappa shape index (κ3) is 2.20. The molecule has 25 heavy (non-hydrogen) atoms. The van der Waals surface area contributed by atoms with E-state index in [0.29, 0.717) is 36.7 Å². The SMILES string of the molecule is CCn1c(=O)c2c(nc3n2CCCN3c2ccc(F)cc2)n(C)c1=O. The number of fused-ring (bicyclic) bond motifs is 3. The largest absolute Gasteiger partial charge is 0.332 e. The average Bonchev–Trinajstić information content (AvgIpc) is 3.01. The summed E-state index contributed by atoms with van der Waals surface area (Å²) in [5.74, 6) is 0.302. The van der Waals surface area contributed by atoms with E-state index in [1.807, 2.05) is 9.47 Å². The first-order valence-corrected chi connectivity index (χ1v) is 8.26. The van der Waals surface area contributed by atoms with Gasteiger partial charge in [0, 0.05) is 32.4 Å². The quantitative estimate of drug-likeness (QED) is 0.709. The van der Waals surface area contributed by atoms with Gasteiger partial charge in [0.25, 0.3) is 5.56 Å². The standard InChI is InChI=1S/C17H18FN5O2/c1-3-21-15(24)13-14(20(2)17(21)25)19-16-22(9-4-10-23(13)16)12-7-5-11(18)6-8-12/h5-8H,3-4,9-10H2,1-2H3. The Balaban J connectivity index is 2.01. The molecule has 4 rings (SSSR count). The Kier molecular flexibility index (Phi) is 3.48. The predicted octanol–water partition coefficient (Wildman–Crippen LogP) is 1.60. The van der Waals surface area contributed by atoms with Gasteiger partial charge in [0.05, 0.1) is 0 Å². The Morgan fingerprint density at radius 1 is 1.16 bits per heavy atom. The number of rotatable bonds is 2. The van der Waals surface area contributed by atoms with Crippen LogP contribution in [0.3, 0.4) is 0 Å². The van der Waals surface area contributed by atoms with E-state index >= 15 is 0 Å². The highest BCUT2D eigenvalue weighted by molar-refractivity contribution is 5.77. The molecule has 1 aliphatic heterocycles. The second-order valence-corrected chi connectivity index (χ2v) is 6.11. The van der Waals surface area contributed by atoms with Gasteiger partial charge in [-0.1, -0.05) is 0 Å². The highest BCUT2D eigenvalue weighted by Gasteiger charge is 2.26. The Morgan fingerprint density at radius 2 is 1.88 bits per heavy atom. The average molecular weight is 343 g/mol. The molecule has 0 radical (unpaired) electrons. The smallest absolute Gasteiger partial charge is 0.312 e. The molecule has 0 bridgehead atoms. The molecule has 0 atom stereocenters. The van der Waals surface area contributed by atoms with Gasteiger partial charge in [-0.2, -0.15) is 4.98 Å². The van der Waals surface area contributed by atoms with Gasteiger partial charge >= 0.3 is 5.69 Å². The van der Waals surface area contributed by atoms with E-state index in [1.165, 1.54) is 21.3 Å². The van der Waals surface area contributed by atoms with E-state index in [-0.39, 0.29) is 17.1 Å². The van der Waals surface area contributed by atoms with Crippen LogP contribution in [0.15, 0.2) is 33.9 Å². The van der Waals surface area contributed by atoms with Crippen molar-refractivity contribution in [2.75, 3.05) is 11.4 Å². The number of halogens is 1. The van der Waals surface area contributed by atoms with Gasteiger partial charge in [0.2, 0.25) is 5.95 Å². The number of aryl methyl sites for hydroxylation is 2. The van der Waals surface area contributed by atoms with Crippen LogP contribution in [-0.4, -0.2) is 25.2 Å². The number of nitrogens with zero attached hydrogens (tertiary/aromatic N) is 5. The Bertz CT molecular complexity index is 1080. The molecular weight excluding hydrogens is 325 g/mol. The lowest BCUT2D eigenvalue weighted by Gasteiger charge is -2.29. The molecule has 2 aromatic heterocycles. The lowest BCUT2D eigenvalue weighted by atomic mass is 10.2. The molecule has 0 unspecified atom stereocenters. The summed E-state index contributed by atoms with van der Waals surface area (Å²) in [7, 11) is 1.62. The highest BCUT2D eigenvalue weighted by Crippen LogP contribution is 2.30. The first kappa shape index (κ1) is 15.6. The van der Waals surface area contributed by atoms with Crippen LogP contribution in [0.5, 0.6) is 0 Å².